The molecule has 0 unspecified atom stereocenters. The maximum absolute atomic E-state index is 5.35. The van der Waals surface area contributed by atoms with E-state index in [0.717, 1.165) is 19.1 Å². The van der Waals surface area contributed by atoms with Crippen LogP contribution in [0.25, 0.3) is 0 Å². The van der Waals surface area contributed by atoms with Crippen molar-refractivity contribution < 1.29 is 4.74 Å². The van der Waals surface area contributed by atoms with Gasteiger partial charge in [0.25, 0.3) is 0 Å². The van der Waals surface area contributed by atoms with Crippen LogP contribution in [0.5, 0.6) is 0 Å². The zero-order valence-corrected chi connectivity index (χ0v) is 9.47. The first-order valence-corrected chi connectivity index (χ1v) is 5.29. The van der Waals surface area contributed by atoms with E-state index in [1.54, 1.807) is 0 Å². The third-order valence-corrected chi connectivity index (χ3v) is 3.02. The summed E-state index contributed by atoms with van der Waals surface area (Å²) in [6.07, 6.45) is 2.47. The molecular weight excluding hydrogens is 162 g/mol. The lowest BCUT2D eigenvalue weighted by atomic mass is 9.97. The lowest BCUT2D eigenvalue weighted by Crippen LogP contribution is -2.42. The first-order chi connectivity index (χ1) is 6.00. The summed E-state index contributed by atoms with van der Waals surface area (Å²) in [5.41, 5.74) is 0.304. The molecule has 0 aromatic carbocycles. The SMILES string of the molecule is CN(CC1CCOCC1)C(C)(C)C. The molecule has 2 heteroatoms. The molecule has 0 radical (unpaired) electrons. The molecule has 1 rings (SSSR count). The molecule has 0 aliphatic carbocycles. The predicted octanol–water partition coefficient (Wildman–Crippen LogP) is 2.14. The summed E-state index contributed by atoms with van der Waals surface area (Å²) >= 11 is 0. The van der Waals surface area contributed by atoms with Crippen LogP contribution in [-0.4, -0.2) is 37.2 Å². The molecule has 0 aromatic heterocycles. The van der Waals surface area contributed by atoms with E-state index in [9.17, 15) is 0 Å². The van der Waals surface area contributed by atoms with Crippen LogP contribution in [0.2, 0.25) is 0 Å². The Bertz CT molecular complexity index is 145. The summed E-state index contributed by atoms with van der Waals surface area (Å²) in [7, 11) is 2.22. The van der Waals surface area contributed by atoms with E-state index < -0.39 is 0 Å². The van der Waals surface area contributed by atoms with Gasteiger partial charge in [0.1, 0.15) is 0 Å². The largest absolute Gasteiger partial charge is 0.381 e. The van der Waals surface area contributed by atoms with Crippen molar-refractivity contribution in [2.45, 2.75) is 39.2 Å². The molecule has 2 nitrogen and oxygen atoms in total. The molecule has 0 saturated carbocycles. The van der Waals surface area contributed by atoms with Gasteiger partial charge in [-0.15, -0.1) is 0 Å². The third kappa shape index (κ3) is 3.65. The van der Waals surface area contributed by atoms with E-state index in [2.05, 4.69) is 32.7 Å². The Morgan fingerprint density at radius 1 is 1.23 bits per heavy atom. The Kier molecular flexibility index (Phi) is 3.74. The molecule has 0 N–H and O–H groups in total. The lowest BCUT2D eigenvalue weighted by Gasteiger charge is -2.36. The first-order valence-electron chi connectivity index (χ1n) is 5.29. The number of hydrogen-bond donors (Lipinski definition) is 0. The average molecular weight is 185 g/mol. The monoisotopic (exact) mass is 185 g/mol. The van der Waals surface area contributed by atoms with Crippen LogP contribution in [0.4, 0.5) is 0 Å². The highest BCUT2D eigenvalue weighted by atomic mass is 16.5. The second kappa shape index (κ2) is 4.43. The van der Waals surface area contributed by atoms with Gasteiger partial charge in [-0.3, -0.25) is 0 Å². The quantitative estimate of drug-likeness (QED) is 0.653. The Labute approximate surface area is 82.3 Å². The summed E-state index contributed by atoms with van der Waals surface area (Å²) in [4.78, 5) is 2.45. The van der Waals surface area contributed by atoms with Crippen LogP contribution in [-0.2, 0) is 4.74 Å². The molecule has 1 aliphatic rings. The molecule has 78 valence electrons. The van der Waals surface area contributed by atoms with E-state index in [-0.39, 0.29) is 0 Å². The number of hydrogen-bond acceptors (Lipinski definition) is 2. The maximum atomic E-state index is 5.35. The van der Waals surface area contributed by atoms with Crippen molar-refractivity contribution in [3.05, 3.63) is 0 Å². The minimum absolute atomic E-state index is 0.304. The minimum atomic E-state index is 0.304. The van der Waals surface area contributed by atoms with Crippen molar-refractivity contribution in [2.75, 3.05) is 26.8 Å². The third-order valence-electron chi connectivity index (χ3n) is 3.02. The summed E-state index contributed by atoms with van der Waals surface area (Å²) in [5.74, 6) is 0.845. The Hall–Kier alpha value is -0.0800. The lowest BCUT2D eigenvalue weighted by molar-refractivity contribution is 0.0427. The van der Waals surface area contributed by atoms with Crippen LogP contribution in [0.3, 0.4) is 0 Å². The molecule has 0 atom stereocenters. The number of nitrogens with zero attached hydrogens (tertiary/aromatic N) is 1. The Balaban J connectivity index is 2.30. The second-order valence-electron chi connectivity index (χ2n) is 5.11. The van der Waals surface area contributed by atoms with Gasteiger partial charge in [0.2, 0.25) is 0 Å². The fraction of sp³-hybridized carbons (Fsp3) is 1.00. The van der Waals surface area contributed by atoms with Crippen LogP contribution in [0.1, 0.15) is 33.6 Å². The van der Waals surface area contributed by atoms with Gasteiger partial charge in [0.15, 0.2) is 0 Å². The molecular formula is C11H23NO. The van der Waals surface area contributed by atoms with Gasteiger partial charge in [0.05, 0.1) is 0 Å². The van der Waals surface area contributed by atoms with Crippen molar-refractivity contribution in [2.24, 2.45) is 5.92 Å². The zero-order chi connectivity index (χ0) is 9.90. The number of rotatable bonds is 2. The van der Waals surface area contributed by atoms with E-state index >= 15 is 0 Å². The first kappa shape index (κ1) is 11.0. The van der Waals surface area contributed by atoms with Crippen LogP contribution in [0.15, 0.2) is 0 Å². The van der Waals surface area contributed by atoms with E-state index in [1.165, 1.54) is 19.4 Å². The van der Waals surface area contributed by atoms with Crippen LogP contribution < -0.4 is 0 Å². The van der Waals surface area contributed by atoms with Gasteiger partial charge in [-0.2, -0.15) is 0 Å². The molecule has 1 fully saturated rings. The topological polar surface area (TPSA) is 12.5 Å². The van der Waals surface area contributed by atoms with E-state index in [1.807, 2.05) is 0 Å². The van der Waals surface area contributed by atoms with Crippen LogP contribution >= 0.6 is 0 Å². The zero-order valence-electron chi connectivity index (χ0n) is 9.47. The summed E-state index contributed by atoms with van der Waals surface area (Å²) in [5, 5.41) is 0. The van der Waals surface area contributed by atoms with Crippen molar-refractivity contribution in [3.8, 4) is 0 Å². The summed E-state index contributed by atoms with van der Waals surface area (Å²) in [6.45, 7) is 9.95. The van der Waals surface area contributed by atoms with Gasteiger partial charge in [-0.25, -0.2) is 0 Å². The van der Waals surface area contributed by atoms with Gasteiger partial charge in [0, 0.05) is 25.3 Å². The molecule has 1 aliphatic heterocycles. The smallest absolute Gasteiger partial charge is 0.0469 e. The molecule has 13 heavy (non-hydrogen) atoms. The normalized spacial score (nSPS) is 21.0. The Morgan fingerprint density at radius 2 is 1.77 bits per heavy atom. The second-order valence-corrected chi connectivity index (χ2v) is 5.11. The average Bonchev–Trinajstić information content (AvgIpc) is 2.04. The fourth-order valence-electron chi connectivity index (χ4n) is 1.59. The highest BCUT2D eigenvalue weighted by Gasteiger charge is 2.22. The van der Waals surface area contributed by atoms with Gasteiger partial charge >= 0.3 is 0 Å². The summed E-state index contributed by atoms with van der Waals surface area (Å²) in [6, 6.07) is 0. The standard InChI is InChI=1S/C11H23NO/c1-11(2,3)12(4)9-10-5-7-13-8-6-10/h10H,5-9H2,1-4H3. The highest BCUT2D eigenvalue weighted by Crippen LogP contribution is 2.19. The molecule has 1 heterocycles. The van der Waals surface area contributed by atoms with Gasteiger partial charge in [-0.1, -0.05) is 0 Å². The van der Waals surface area contributed by atoms with Crippen molar-refractivity contribution in [1.29, 1.82) is 0 Å². The van der Waals surface area contributed by atoms with Crippen molar-refractivity contribution in [3.63, 3.8) is 0 Å². The predicted molar refractivity (Wildman–Crippen MR) is 55.9 cm³/mol. The molecule has 0 aromatic rings. The van der Waals surface area contributed by atoms with Gasteiger partial charge in [-0.05, 0) is 46.6 Å². The van der Waals surface area contributed by atoms with Crippen molar-refractivity contribution >= 4 is 0 Å². The maximum Gasteiger partial charge on any atom is 0.0469 e. The molecule has 0 spiro atoms. The van der Waals surface area contributed by atoms with E-state index in [0.29, 0.717) is 5.54 Å². The Morgan fingerprint density at radius 3 is 2.23 bits per heavy atom. The molecule has 0 amide bonds. The highest BCUT2D eigenvalue weighted by molar-refractivity contribution is 4.76. The van der Waals surface area contributed by atoms with Gasteiger partial charge < -0.3 is 9.64 Å². The van der Waals surface area contributed by atoms with Crippen molar-refractivity contribution in [1.82, 2.24) is 4.90 Å². The molecule has 1 saturated heterocycles. The molecule has 0 bridgehead atoms. The number of ether oxygens (including phenoxy) is 1. The van der Waals surface area contributed by atoms with Crippen LogP contribution in [0, 0.1) is 5.92 Å². The minimum Gasteiger partial charge on any atom is -0.381 e. The fourth-order valence-corrected chi connectivity index (χ4v) is 1.59. The van der Waals surface area contributed by atoms with E-state index in [4.69, 9.17) is 4.74 Å². The summed E-state index contributed by atoms with van der Waals surface area (Å²) < 4.78 is 5.35.